The SMILES string of the molecule is Cc1nn(CC(=O)N(Cc2ccc(OCC3CCC3)cc2)C2CC2)c(=O)c2ccccc12. The highest BCUT2D eigenvalue weighted by atomic mass is 16.5. The van der Waals surface area contributed by atoms with Crippen molar-refractivity contribution in [1.29, 1.82) is 0 Å². The molecule has 2 saturated carbocycles. The largest absolute Gasteiger partial charge is 0.493 e. The van der Waals surface area contributed by atoms with E-state index in [-0.39, 0.29) is 24.1 Å². The molecule has 2 aliphatic rings. The van der Waals surface area contributed by atoms with Gasteiger partial charge in [-0.3, -0.25) is 9.59 Å². The zero-order chi connectivity index (χ0) is 22.1. The topological polar surface area (TPSA) is 64.4 Å². The first-order valence-electron chi connectivity index (χ1n) is 11.6. The van der Waals surface area contributed by atoms with Gasteiger partial charge < -0.3 is 9.64 Å². The van der Waals surface area contributed by atoms with Crippen molar-refractivity contribution in [1.82, 2.24) is 14.7 Å². The summed E-state index contributed by atoms with van der Waals surface area (Å²) in [6.45, 7) is 3.16. The third kappa shape index (κ3) is 4.40. The number of benzene rings is 2. The maximum atomic E-state index is 13.2. The normalized spacial score (nSPS) is 16.0. The third-order valence-electron chi connectivity index (χ3n) is 6.63. The molecule has 1 amide bonds. The van der Waals surface area contributed by atoms with Gasteiger partial charge in [0.15, 0.2) is 0 Å². The molecule has 2 aliphatic carbocycles. The number of hydrogen-bond acceptors (Lipinski definition) is 4. The molecule has 32 heavy (non-hydrogen) atoms. The Kier molecular flexibility index (Phi) is 5.68. The van der Waals surface area contributed by atoms with Crippen molar-refractivity contribution in [3.05, 3.63) is 70.1 Å². The molecule has 1 heterocycles. The zero-order valence-electron chi connectivity index (χ0n) is 18.5. The number of nitrogens with zero attached hydrogens (tertiary/aromatic N) is 3. The number of ether oxygens (including phenoxy) is 1. The summed E-state index contributed by atoms with van der Waals surface area (Å²) in [5, 5.41) is 5.84. The minimum atomic E-state index is -0.219. The minimum Gasteiger partial charge on any atom is -0.493 e. The summed E-state index contributed by atoms with van der Waals surface area (Å²) in [5.74, 6) is 1.52. The van der Waals surface area contributed by atoms with Crippen LogP contribution in [0.2, 0.25) is 0 Å². The summed E-state index contributed by atoms with van der Waals surface area (Å²) in [6, 6.07) is 15.7. The van der Waals surface area contributed by atoms with Gasteiger partial charge in [0, 0.05) is 18.0 Å². The lowest BCUT2D eigenvalue weighted by molar-refractivity contribution is -0.133. The Morgan fingerprint density at radius 2 is 1.78 bits per heavy atom. The first kappa shape index (κ1) is 20.7. The molecule has 0 spiro atoms. The molecule has 0 atom stereocenters. The Morgan fingerprint density at radius 3 is 2.44 bits per heavy atom. The van der Waals surface area contributed by atoms with Crippen molar-refractivity contribution in [2.24, 2.45) is 5.92 Å². The summed E-state index contributed by atoms with van der Waals surface area (Å²) < 4.78 is 7.20. The Morgan fingerprint density at radius 1 is 1.06 bits per heavy atom. The monoisotopic (exact) mass is 431 g/mol. The Balaban J connectivity index is 1.28. The minimum absolute atomic E-state index is 0.0381. The van der Waals surface area contributed by atoms with Gasteiger partial charge in [-0.25, -0.2) is 4.68 Å². The smallest absolute Gasteiger partial charge is 0.275 e. The number of fused-ring (bicyclic) bond motifs is 1. The fraction of sp³-hybridized carbons (Fsp3) is 0.423. The van der Waals surface area contributed by atoms with Crippen molar-refractivity contribution >= 4 is 16.7 Å². The first-order valence-corrected chi connectivity index (χ1v) is 11.6. The van der Waals surface area contributed by atoms with Crippen molar-refractivity contribution < 1.29 is 9.53 Å². The number of hydrogen-bond donors (Lipinski definition) is 0. The summed E-state index contributed by atoms with van der Waals surface area (Å²) in [4.78, 5) is 27.9. The maximum Gasteiger partial charge on any atom is 0.275 e. The van der Waals surface area contributed by atoms with Gasteiger partial charge in [0.25, 0.3) is 5.56 Å². The maximum absolute atomic E-state index is 13.2. The number of rotatable bonds is 8. The Bertz CT molecular complexity index is 1180. The van der Waals surface area contributed by atoms with E-state index in [2.05, 4.69) is 5.10 Å². The lowest BCUT2D eigenvalue weighted by atomic mass is 9.86. The van der Waals surface area contributed by atoms with Crippen LogP contribution in [0.1, 0.15) is 43.4 Å². The molecule has 1 aromatic heterocycles. The van der Waals surface area contributed by atoms with E-state index in [0.717, 1.165) is 41.8 Å². The lowest BCUT2D eigenvalue weighted by Crippen LogP contribution is -2.38. The molecule has 2 aromatic carbocycles. The van der Waals surface area contributed by atoms with Crippen molar-refractivity contribution in [2.75, 3.05) is 6.61 Å². The average Bonchev–Trinajstić information content (AvgIpc) is 3.61. The van der Waals surface area contributed by atoms with Crippen LogP contribution in [-0.4, -0.2) is 33.2 Å². The summed E-state index contributed by atoms with van der Waals surface area (Å²) in [6.07, 6.45) is 5.87. The standard InChI is InChI=1S/C26H29N3O3/c1-18-23-7-2-3-8-24(23)26(31)29(27-18)16-25(30)28(21-11-12-21)15-19-9-13-22(14-10-19)32-17-20-5-4-6-20/h2-3,7-10,13-14,20-21H,4-6,11-12,15-17H2,1H3. The van der Waals surface area contributed by atoms with Crippen LogP contribution in [0.3, 0.4) is 0 Å². The molecule has 6 nitrogen and oxygen atoms in total. The van der Waals surface area contributed by atoms with Crippen LogP contribution in [0, 0.1) is 12.8 Å². The van der Waals surface area contributed by atoms with Gasteiger partial charge in [-0.1, -0.05) is 36.8 Å². The van der Waals surface area contributed by atoms with E-state index in [1.54, 1.807) is 6.07 Å². The molecule has 0 bridgehead atoms. The average molecular weight is 432 g/mol. The fourth-order valence-corrected chi connectivity index (χ4v) is 4.30. The molecule has 0 N–H and O–H groups in total. The van der Waals surface area contributed by atoms with Crippen molar-refractivity contribution in [2.45, 2.75) is 58.2 Å². The first-order chi connectivity index (χ1) is 15.6. The van der Waals surface area contributed by atoms with Crippen molar-refractivity contribution in [3.8, 4) is 5.75 Å². The van der Waals surface area contributed by atoms with Crippen LogP contribution in [0.15, 0.2) is 53.3 Å². The quantitative estimate of drug-likeness (QED) is 0.539. The molecule has 0 radical (unpaired) electrons. The van der Waals surface area contributed by atoms with Crippen molar-refractivity contribution in [3.63, 3.8) is 0 Å². The fourth-order valence-electron chi connectivity index (χ4n) is 4.30. The molecule has 6 heteroatoms. The number of aromatic nitrogens is 2. The second-order valence-corrected chi connectivity index (χ2v) is 9.10. The van der Waals surface area contributed by atoms with Crippen LogP contribution in [0.4, 0.5) is 0 Å². The molecule has 2 fully saturated rings. The molecular weight excluding hydrogens is 402 g/mol. The van der Waals surface area contributed by atoms with Gasteiger partial charge in [0.05, 0.1) is 17.7 Å². The summed E-state index contributed by atoms with van der Waals surface area (Å²) in [5.41, 5.74) is 1.60. The second-order valence-electron chi connectivity index (χ2n) is 9.10. The second kappa shape index (κ2) is 8.77. The Hall–Kier alpha value is -3.15. The third-order valence-corrected chi connectivity index (χ3v) is 6.63. The van der Waals surface area contributed by atoms with E-state index < -0.39 is 0 Å². The van der Waals surface area contributed by atoms with Crippen LogP contribution < -0.4 is 10.3 Å². The molecule has 3 aromatic rings. The molecule has 0 unspecified atom stereocenters. The van der Waals surface area contributed by atoms with Gasteiger partial charge in [-0.15, -0.1) is 0 Å². The molecular formula is C26H29N3O3. The van der Waals surface area contributed by atoms with Gasteiger partial charge in [0.1, 0.15) is 12.3 Å². The van der Waals surface area contributed by atoms with E-state index >= 15 is 0 Å². The van der Waals surface area contributed by atoms with Crippen LogP contribution in [0.25, 0.3) is 10.8 Å². The number of amides is 1. The van der Waals surface area contributed by atoms with Gasteiger partial charge in [0.2, 0.25) is 5.91 Å². The molecule has 166 valence electrons. The highest BCUT2D eigenvalue weighted by Gasteiger charge is 2.33. The molecule has 0 saturated heterocycles. The van der Waals surface area contributed by atoms with Crippen LogP contribution in [0.5, 0.6) is 5.75 Å². The number of carbonyl (C=O) groups is 1. The van der Waals surface area contributed by atoms with Gasteiger partial charge in [-0.05, 0) is 62.3 Å². The number of aryl methyl sites for hydroxylation is 1. The number of carbonyl (C=O) groups excluding carboxylic acids is 1. The van der Waals surface area contributed by atoms with E-state index in [0.29, 0.717) is 17.8 Å². The highest BCUT2D eigenvalue weighted by molar-refractivity contribution is 5.83. The predicted octanol–water partition coefficient (Wildman–Crippen LogP) is 4.08. The lowest BCUT2D eigenvalue weighted by Gasteiger charge is -2.25. The predicted molar refractivity (Wildman–Crippen MR) is 124 cm³/mol. The molecule has 5 rings (SSSR count). The summed E-state index contributed by atoms with van der Waals surface area (Å²) >= 11 is 0. The Labute approximate surface area is 187 Å². The van der Waals surface area contributed by atoms with Crippen LogP contribution in [-0.2, 0) is 17.9 Å². The van der Waals surface area contributed by atoms with E-state index in [4.69, 9.17) is 4.74 Å². The van der Waals surface area contributed by atoms with E-state index in [9.17, 15) is 9.59 Å². The summed E-state index contributed by atoms with van der Waals surface area (Å²) in [7, 11) is 0. The van der Waals surface area contributed by atoms with E-state index in [1.165, 1.54) is 23.9 Å². The van der Waals surface area contributed by atoms with Crippen LogP contribution >= 0.6 is 0 Å². The van der Waals surface area contributed by atoms with Gasteiger partial charge >= 0.3 is 0 Å². The zero-order valence-corrected chi connectivity index (χ0v) is 18.5. The highest BCUT2D eigenvalue weighted by Crippen LogP contribution is 2.30. The van der Waals surface area contributed by atoms with E-state index in [1.807, 2.05) is 54.3 Å². The molecule has 0 aliphatic heterocycles. The van der Waals surface area contributed by atoms with Gasteiger partial charge in [-0.2, -0.15) is 5.10 Å².